The zero-order chi connectivity index (χ0) is 18.9. The van der Waals surface area contributed by atoms with Crippen molar-refractivity contribution < 1.29 is 4.74 Å². The van der Waals surface area contributed by atoms with Crippen molar-refractivity contribution in [3.63, 3.8) is 0 Å². The minimum Gasteiger partial charge on any atom is -0.379 e. The van der Waals surface area contributed by atoms with E-state index in [2.05, 4.69) is 46.6 Å². The van der Waals surface area contributed by atoms with Gasteiger partial charge < -0.3 is 15.0 Å². The number of morpholine rings is 1. The van der Waals surface area contributed by atoms with Crippen molar-refractivity contribution in [3.05, 3.63) is 71.3 Å². The number of rotatable bonds is 6. The van der Waals surface area contributed by atoms with E-state index in [0.717, 1.165) is 45.4 Å². The van der Waals surface area contributed by atoms with Gasteiger partial charge in [-0.1, -0.05) is 54.6 Å². The third-order valence-corrected chi connectivity index (χ3v) is 4.66. The van der Waals surface area contributed by atoms with E-state index in [1.54, 1.807) is 0 Å². The molecule has 0 aliphatic carbocycles. The Hall–Kier alpha value is -1.64. The largest absolute Gasteiger partial charge is 0.379 e. The SMILES string of the molecule is CN(C)C(=NCc1ccccc1)NCc1ccc(CN2CCOCC2)cc1.I. The molecule has 1 saturated heterocycles. The maximum absolute atomic E-state index is 5.41. The summed E-state index contributed by atoms with van der Waals surface area (Å²) in [6, 6.07) is 19.2. The molecular weight excluding hydrogens is 463 g/mol. The lowest BCUT2D eigenvalue weighted by Crippen LogP contribution is -2.36. The van der Waals surface area contributed by atoms with Gasteiger partial charge in [-0.05, 0) is 16.7 Å². The Balaban J connectivity index is 0.00000280. The molecule has 2 aromatic rings. The van der Waals surface area contributed by atoms with Crippen molar-refractivity contribution in [3.8, 4) is 0 Å². The number of nitrogens with one attached hydrogen (secondary N) is 1. The third kappa shape index (κ3) is 7.41. The van der Waals surface area contributed by atoms with E-state index in [-0.39, 0.29) is 24.0 Å². The topological polar surface area (TPSA) is 40.1 Å². The van der Waals surface area contributed by atoms with Crippen LogP contribution in [0.3, 0.4) is 0 Å². The van der Waals surface area contributed by atoms with Crippen LogP contribution >= 0.6 is 24.0 Å². The first-order valence-electron chi connectivity index (χ1n) is 9.58. The van der Waals surface area contributed by atoms with Crippen LogP contribution in [0.4, 0.5) is 0 Å². The fourth-order valence-corrected chi connectivity index (χ4v) is 3.07. The van der Waals surface area contributed by atoms with Crippen molar-refractivity contribution in [2.24, 2.45) is 4.99 Å². The van der Waals surface area contributed by atoms with Crippen molar-refractivity contribution in [1.29, 1.82) is 0 Å². The van der Waals surface area contributed by atoms with Gasteiger partial charge in [0.05, 0.1) is 19.8 Å². The molecule has 2 aromatic carbocycles. The molecule has 0 atom stereocenters. The Morgan fingerprint density at radius 2 is 1.61 bits per heavy atom. The minimum atomic E-state index is 0. The minimum absolute atomic E-state index is 0. The molecule has 0 amide bonds. The molecule has 0 saturated carbocycles. The second-order valence-corrected chi connectivity index (χ2v) is 7.08. The number of hydrogen-bond acceptors (Lipinski definition) is 3. The van der Waals surface area contributed by atoms with Crippen LogP contribution < -0.4 is 5.32 Å². The van der Waals surface area contributed by atoms with Gasteiger partial charge in [0.1, 0.15) is 0 Å². The van der Waals surface area contributed by atoms with Crippen LogP contribution in [0, 0.1) is 0 Å². The molecule has 0 radical (unpaired) electrons. The summed E-state index contributed by atoms with van der Waals surface area (Å²) in [7, 11) is 4.03. The molecule has 0 unspecified atom stereocenters. The van der Waals surface area contributed by atoms with Crippen molar-refractivity contribution in [2.45, 2.75) is 19.6 Å². The first kappa shape index (κ1) is 22.6. The number of hydrogen-bond donors (Lipinski definition) is 1. The molecule has 0 aromatic heterocycles. The van der Waals surface area contributed by atoms with Crippen LogP contribution in [0.15, 0.2) is 59.6 Å². The molecule has 0 bridgehead atoms. The summed E-state index contributed by atoms with van der Waals surface area (Å²) in [5.74, 6) is 0.899. The summed E-state index contributed by atoms with van der Waals surface area (Å²) in [6.45, 7) is 6.18. The monoisotopic (exact) mass is 494 g/mol. The molecule has 0 spiro atoms. The van der Waals surface area contributed by atoms with Gasteiger partial charge in [0.2, 0.25) is 0 Å². The van der Waals surface area contributed by atoms with E-state index < -0.39 is 0 Å². The van der Waals surface area contributed by atoms with Crippen LogP contribution in [-0.2, 0) is 24.4 Å². The van der Waals surface area contributed by atoms with Gasteiger partial charge in [0.25, 0.3) is 0 Å². The van der Waals surface area contributed by atoms with Crippen LogP contribution in [-0.4, -0.2) is 56.2 Å². The quantitative estimate of drug-likeness (QED) is 0.380. The molecule has 1 aliphatic heterocycles. The van der Waals surface area contributed by atoms with E-state index in [9.17, 15) is 0 Å². The second kappa shape index (κ2) is 12.0. The van der Waals surface area contributed by atoms with Gasteiger partial charge in [-0.3, -0.25) is 4.90 Å². The summed E-state index contributed by atoms with van der Waals surface area (Å²) in [6.07, 6.45) is 0. The number of aliphatic imine (C=N–C) groups is 1. The highest BCUT2D eigenvalue weighted by Gasteiger charge is 2.10. The van der Waals surface area contributed by atoms with Gasteiger partial charge in [-0.2, -0.15) is 0 Å². The molecule has 152 valence electrons. The van der Waals surface area contributed by atoms with Crippen LogP contribution in [0.5, 0.6) is 0 Å². The molecule has 1 N–H and O–H groups in total. The normalized spacial score (nSPS) is 15.0. The average molecular weight is 494 g/mol. The lowest BCUT2D eigenvalue weighted by atomic mass is 10.1. The zero-order valence-electron chi connectivity index (χ0n) is 16.8. The highest BCUT2D eigenvalue weighted by atomic mass is 127. The van der Waals surface area contributed by atoms with E-state index >= 15 is 0 Å². The van der Waals surface area contributed by atoms with Gasteiger partial charge in [-0.15, -0.1) is 24.0 Å². The fraction of sp³-hybridized carbons (Fsp3) is 0.409. The number of ether oxygens (including phenoxy) is 1. The third-order valence-electron chi connectivity index (χ3n) is 4.66. The van der Waals surface area contributed by atoms with Crippen LogP contribution in [0.25, 0.3) is 0 Å². The highest BCUT2D eigenvalue weighted by Crippen LogP contribution is 2.09. The number of nitrogens with zero attached hydrogens (tertiary/aromatic N) is 3. The van der Waals surface area contributed by atoms with E-state index in [4.69, 9.17) is 9.73 Å². The highest BCUT2D eigenvalue weighted by molar-refractivity contribution is 14.0. The molecule has 6 heteroatoms. The predicted octanol–water partition coefficient (Wildman–Crippen LogP) is 3.34. The molecule has 1 aliphatic rings. The Labute approximate surface area is 185 Å². The van der Waals surface area contributed by atoms with Crippen molar-refractivity contribution >= 4 is 29.9 Å². The second-order valence-electron chi connectivity index (χ2n) is 7.08. The Morgan fingerprint density at radius 1 is 0.964 bits per heavy atom. The fourth-order valence-electron chi connectivity index (χ4n) is 3.07. The Bertz CT molecular complexity index is 713. The van der Waals surface area contributed by atoms with E-state index in [1.165, 1.54) is 16.7 Å². The van der Waals surface area contributed by atoms with Gasteiger partial charge in [-0.25, -0.2) is 4.99 Å². The number of benzene rings is 2. The summed E-state index contributed by atoms with van der Waals surface area (Å²) >= 11 is 0. The first-order valence-corrected chi connectivity index (χ1v) is 9.58. The Kier molecular flexibility index (Phi) is 9.73. The van der Waals surface area contributed by atoms with Gasteiger partial charge in [0.15, 0.2) is 5.96 Å². The molecule has 28 heavy (non-hydrogen) atoms. The summed E-state index contributed by atoms with van der Waals surface area (Å²) in [5, 5.41) is 3.46. The Morgan fingerprint density at radius 3 is 2.25 bits per heavy atom. The standard InChI is InChI=1S/C22H30N4O.HI/c1-25(2)22(23-16-19-6-4-3-5-7-19)24-17-20-8-10-21(11-9-20)18-26-12-14-27-15-13-26;/h3-11H,12-18H2,1-2H3,(H,23,24);1H. The average Bonchev–Trinajstić information content (AvgIpc) is 2.70. The molecule has 5 nitrogen and oxygen atoms in total. The number of guanidine groups is 1. The van der Waals surface area contributed by atoms with Crippen LogP contribution in [0.2, 0.25) is 0 Å². The van der Waals surface area contributed by atoms with E-state index in [0.29, 0.717) is 6.54 Å². The number of halogens is 1. The maximum atomic E-state index is 5.41. The van der Waals surface area contributed by atoms with Crippen molar-refractivity contribution in [2.75, 3.05) is 40.4 Å². The van der Waals surface area contributed by atoms with Gasteiger partial charge in [0, 0.05) is 40.3 Å². The van der Waals surface area contributed by atoms with Gasteiger partial charge >= 0.3 is 0 Å². The first-order chi connectivity index (χ1) is 13.2. The zero-order valence-corrected chi connectivity index (χ0v) is 19.1. The smallest absolute Gasteiger partial charge is 0.194 e. The molecule has 3 rings (SSSR count). The maximum Gasteiger partial charge on any atom is 0.194 e. The summed E-state index contributed by atoms with van der Waals surface area (Å²) in [4.78, 5) is 9.18. The molecule has 1 fully saturated rings. The van der Waals surface area contributed by atoms with Crippen LogP contribution in [0.1, 0.15) is 16.7 Å². The predicted molar refractivity (Wildman–Crippen MR) is 126 cm³/mol. The van der Waals surface area contributed by atoms with Crippen molar-refractivity contribution in [1.82, 2.24) is 15.1 Å². The summed E-state index contributed by atoms with van der Waals surface area (Å²) in [5.41, 5.74) is 3.83. The molecule has 1 heterocycles. The van der Waals surface area contributed by atoms with E-state index in [1.807, 2.05) is 37.2 Å². The lowest BCUT2D eigenvalue weighted by Gasteiger charge is -2.26. The summed E-state index contributed by atoms with van der Waals surface area (Å²) < 4.78 is 5.41. The lowest BCUT2D eigenvalue weighted by molar-refractivity contribution is 0.0342. The molecular formula is C22H31IN4O.